The summed E-state index contributed by atoms with van der Waals surface area (Å²) >= 11 is 0. The highest BCUT2D eigenvalue weighted by Gasteiger charge is 2.63. The van der Waals surface area contributed by atoms with Gasteiger partial charge in [0.2, 0.25) is 0 Å². The van der Waals surface area contributed by atoms with Gasteiger partial charge in [0, 0.05) is 19.6 Å². The van der Waals surface area contributed by atoms with E-state index in [1.165, 1.54) is 32.8 Å². The summed E-state index contributed by atoms with van der Waals surface area (Å²) in [7, 11) is 2.84. The van der Waals surface area contributed by atoms with Gasteiger partial charge in [-0.25, -0.2) is 20.0 Å². The second-order valence-corrected chi connectivity index (χ2v) is 21.2. The minimum absolute atomic E-state index is 0.137. The van der Waals surface area contributed by atoms with Crippen LogP contribution in [0.1, 0.15) is 13.8 Å². The van der Waals surface area contributed by atoms with E-state index in [1.54, 1.807) is 0 Å². The highest BCUT2D eigenvalue weighted by atomic mass is 16.8. The maximum atomic E-state index is 12.7. The Hall–Kier alpha value is -3.96. The molecule has 6 fully saturated rings. The van der Waals surface area contributed by atoms with Crippen LogP contribution in [0.15, 0.2) is 20.0 Å². The SMILES string of the molecule is CNC1C(OC2C(OC3C(O)C(O)C(N=C(N)N)C(O)C3N=C(N)N)OC(C)C2(O)CNCCN(C)C2C(OC3C(OC4C(O)C(O)C(N=C(N)N)C(O)C4N=C(N)N)OC(C)C3(O)CO)OC(CO)C(O)C2O)OC(CO)C(O)C1O. The zero-order chi connectivity index (χ0) is 61.2. The maximum Gasteiger partial charge on any atom is 0.187 e. The van der Waals surface area contributed by atoms with E-state index in [0.717, 1.165) is 0 Å². The predicted octanol–water partition coefficient (Wildman–Crippen LogP) is -16.4. The van der Waals surface area contributed by atoms with E-state index in [2.05, 4.69) is 30.6 Å². The largest absolute Gasteiger partial charge is 0.394 e. The van der Waals surface area contributed by atoms with Crippen LogP contribution >= 0.6 is 0 Å². The molecule has 2 aliphatic carbocycles. The molecule has 0 aromatic rings. The number of guanidine groups is 4. The van der Waals surface area contributed by atoms with Gasteiger partial charge in [0.05, 0.1) is 44.1 Å². The predicted molar refractivity (Wildman–Crippen MR) is 277 cm³/mol. The van der Waals surface area contributed by atoms with Gasteiger partial charge in [0.1, 0.15) is 133 Å². The molecule has 30 atom stereocenters. The summed E-state index contributed by atoms with van der Waals surface area (Å²) in [5, 5.41) is 174. The number of hydrogen-bond donors (Lipinski definition) is 25. The number of rotatable bonds is 22. The van der Waals surface area contributed by atoms with E-state index in [4.69, 9.17) is 83.8 Å². The summed E-state index contributed by atoms with van der Waals surface area (Å²) < 4.78 is 48.9. The first-order valence-corrected chi connectivity index (χ1v) is 26.2. The molecule has 2 saturated carbocycles. The molecule has 0 amide bonds. The van der Waals surface area contributed by atoms with Gasteiger partial charge in [0.25, 0.3) is 0 Å². The van der Waals surface area contributed by atoms with Crippen molar-refractivity contribution in [3.05, 3.63) is 0 Å². The second kappa shape index (κ2) is 27.6. The van der Waals surface area contributed by atoms with Gasteiger partial charge in [-0.15, -0.1) is 0 Å². The summed E-state index contributed by atoms with van der Waals surface area (Å²) in [6.07, 6.45) is -38.1. The van der Waals surface area contributed by atoms with Crippen molar-refractivity contribution in [3.63, 3.8) is 0 Å². The van der Waals surface area contributed by atoms with Crippen molar-refractivity contribution in [2.75, 3.05) is 53.6 Å². The Morgan fingerprint density at radius 1 is 0.500 bits per heavy atom. The summed E-state index contributed by atoms with van der Waals surface area (Å²) in [6, 6.07) is -9.10. The third-order valence-electron chi connectivity index (χ3n) is 15.9. The fourth-order valence-corrected chi connectivity index (χ4v) is 11.2. The first-order valence-electron chi connectivity index (χ1n) is 26.2. The third-order valence-corrected chi connectivity index (χ3v) is 15.9. The fourth-order valence-electron chi connectivity index (χ4n) is 11.2. The van der Waals surface area contributed by atoms with Crippen molar-refractivity contribution in [1.82, 2.24) is 15.5 Å². The van der Waals surface area contributed by atoms with Gasteiger partial charge in [-0.1, -0.05) is 0 Å². The van der Waals surface area contributed by atoms with Crippen LogP contribution in [-0.4, -0.2) is 341 Å². The molecule has 82 heavy (non-hydrogen) atoms. The van der Waals surface area contributed by atoms with Crippen LogP contribution < -0.4 is 56.5 Å². The van der Waals surface area contributed by atoms with Gasteiger partial charge in [0.15, 0.2) is 49.0 Å². The topological polar surface area (TPSA) is 662 Å². The Kier molecular flexibility index (Phi) is 22.6. The molecular formula is C44H85N15O23. The van der Waals surface area contributed by atoms with E-state index in [0.29, 0.717) is 0 Å². The molecule has 30 unspecified atom stereocenters. The van der Waals surface area contributed by atoms with Crippen LogP contribution in [0.5, 0.6) is 0 Å². The first kappa shape index (κ1) is 67.2. The van der Waals surface area contributed by atoms with E-state index in [-0.39, 0.29) is 13.1 Å². The number of hydrogen-bond acceptors (Lipinski definition) is 30. The molecule has 4 heterocycles. The summed E-state index contributed by atoms with van der Waals surface area (Å²) in [6.45, 7) is -0.788. The number of aliphatic imine (C=N–C) groups is 4. The molecule has 0 aromatic heterocycles. The van der Waals surface area contributed by atoms with Gasteiger partial charge < -0.3 is 171 Å². The standard InChI is InChI=1S/C44H85N15O23/c1-11-43(73,33(81-35-19(53-3)27(69)21(63)13(7-60)77-35)37(75-11)79-31-17(57-41(49)50)23(65)15(55-39(45)46)25(67)29(31)71)9-54-5-6-59(4)20-28(70)22(64)14(8-61)78-36(20)82-34-38(76-12(2)44(34,74)10-62)80-32-18(58-42(51)52)24(66)16(56-40(47)48)26(68)30(32)72/h11-38,53-54,60-74H,5-10H2,1-4H3,(H4,45,46,55)(H4,47,48,56)(H4,49,50,57)(H4,51,52,58). The van der Waals surface area contributed by atoms with Gasteiger partial charge >= 0.3 is 0 Å². The van der Waals surface area contributed by atoms with Gasteiger partial charge in [-0.2, -0.15) is 0 Å². The van der Waals surface area contributed by atoms with Gasteiger partial charge in [-0.05, 0) is 27.9 Å². The Bertz CT molecular complexity index is 2200. The summed E-state index contributed by atoms with van der Waals surface area (Å²) in [4.78, 5) is 17.0. The molecule has 38 heteroatoms. The molecule has 4 saturated heterocycles. The number of nitrogens with one attached hydrogen (secondary N) is 2. The van der Waals surface area contributed by atoms with Crippen molar-refractivity contribution in [2.24, 2.45) is 65.8 Å². The Morgan fingerprint density at radius 2 is 0.902 bits per heavy atom. The van der Waals surface area contributed by atoms with Crippen LogP contribution in [0.25, 0.3) is 0 Å². The molecule has 33 N–H and O–H groups in total. The van der Waals surface area contributed by atoms with E-state index in [1.807, 2.05) is 0 Å². The molecule has 6 aliphatic rings. The number of aliphatic hydroxyl groups excluding tert-OH is 13. The van der Waals surface area contributed by atoms with E-state index in [9.17, 15) is 76.6 Å². The van der Waals surface area contributed by atoms with Gasteiger partial charge in [-0.3, -0.25) is 4.90 Å². The zero-order valence-corrected chi connectivity index (χ0v) is 45.2. The minimum Gasteiger partial charge on any atom is -0.394 e. The molecular weight excluding hydrogens is 1110 g/mol. The Balaban J connectivity index is 1.26. The van der Waals surface area contributed by atoms with Crippen LogP contribution in [-0.2, 0) is 37.9 Å². The molecule has 38 nitrogen and oxygen atoms in total. The Morgan fingerprint density at radius 3 is 1.33 bits per heavy atom. The molecule has 0 bridgehead atoms. The fraction of sp³-hybridized carbons (Fsp3) is 0.909. The molecule has 6 rings (SSSR count). The number of nitrogens with zero attached hydrogens (tertiary/aromatic N) is 5. The molecule has 474 valence electrons. The van der Waals surface area contributed by atoms with Crippen molar-refractivity contribution in [3.8, 4) is 0 Å². The maximum absolute atomic E-state index is 12.7. The lowest BCUT2D eigenvalue weighted by Gasteiger charge is -2.48. The van der Waals surface area contributed by atoms with E-state index < -0.39 is 233 Å². The average Bonchev–Trinajstić information content (AvgIpc) is 2.32. The number of likely N-dealkylation sites (N-methyl/N-ethyl adjacent to an activating group) is 2. The minimum atomic E-state index is -2.39. The number of aliphatic hydroxyl groups is 15. The van der Waals surface area contributed by atoms with E-state index >= 15 is 0 Å². The third kappa shape index (κ3) is 13.7. The number of nitrogens with two attached hydrogens (primary N) is 8. The van der Waals surface area contributed by atoms with Crippen LogP contribution in [0, 0.1) is 0 Å². The molecule has 4 aliphatic heterocycles. The highest BCUT2D eigenvalue weighted by molar-refractivity contribution is 5.77. The summed E-state index contributed by atoms with van der Waals surface area (Å²) in [5.41, 5.74) is 40.2. The van der Waals surface area contributed by atoms with Crippen molar-refractivity contribution < 1.29 is 114 Å². The summed E-state index contributed by atoms with van der Waals surface area (Å²) in [5.74, 6) is -2.35. The van der Waals surface area contributed by atoms with Crippen LogP contribution in [0.4, 0.5) is 0 Å². The van der Waals surface area contributed by atoms with Crippen LogP contribution in [0.2, 0.25) is 0 Å². The average molecular weight is 1190 g/mol. The van der Waals surface area contributed by atoms with Crippen molar-refractivity contribution in [2.45, 2.75) is 196 Å². The molecule has 0 aromatic carbocycles. The lowest BCUT2D eigenvalue weighted by molar-refractivity contribution is -0.327. The number of ether oxygens (including phenoxy) is 8. The zero-order valence-electron chi connectivity index (χ0n) is 45.2. The second-order valence-electron chi connectivity index (χ2n) is 21.2. The monoisotopic (exact) mass is 1190 g/mol. The molecule has 0 radical (unpaired) electrons. The highest BCUT2D eigenvalue weighted by Crippen LogP contribution is 2.42. The normalized spacial score (nSPS) is 47.0. The quantitative estimate of drug-likeness (QED) is 0.0272. The van der Waals surface area contributed by atoms with Crippen LogP contribution in [0.3, 0.4) is 0 Å². The first-order chi connectivity index (χ1) is 38.4. The lowest BCUT2D eigenvalue weighted by Crippen LogP contribution is -2.67. The molecule has 0 spiro atoms. The Labute approximate surface area is 468 Å². The van der Waals surface area contributed by atoms with Crippen molar-refractivity contribution >= 4 is 23.8 Å². The smallest absolute Gasteiger partial charge is 0.187 e. The lowest BCUT2D eigenvalue weighted by atomic mass is 9.81. The van der Waals surface area contributed by atoms with Crippen molar-refractivity contribution in [1.29, 1.82) is 0 Å².